The molecular weight excluding hydrogens is 262 g/mol. The zero-order valence-corrected chi connectivity index (χ0v) is 13.8. The van der Waals surface area contributed by atoms with Crippen LogP contribution in [0.4, 0.5) is 0 Å². The molecule has 0 aromatic heterocycles. The normalized spacial score (nSPS) is 18.1. The van der Waals surface area contributed by atoms with Crippen molar-refractivity contribution in [3.05, 3.63) is 35.4 Å². The zero-order chi connectivity index (χ0) is 14.2. The van der Waals surface area contributed by atoms with Crippen LogP contribution >= 0.6 is 11.8 Å². The van der Waals surface area contributed by atoms with E-state index in [0.717, 1.165) is 18.9 Å². The van der Waals surface area contributed by atoms with Crippen molar-refractivity contribution in [3.8, 4) is 0 Å². The van der Waals surface area contributed by atoms with Gasteiger partial charge in [0.05, 0.1) is 0 Å². The molecule has 1 unspecified atom stereocenters. The van der Waals surface area contributed by atoms with Gasteiger partial charge in [-0.25, -0.2) is 0 Å². The largest absolute Gasteiger partial charge is 0.314 e. The van der Waals surface area contributed by atoms with Crippen LogP contribution in [0.15, 0.2) is 24.3 Å². The van der Waals surface area contributed by atoms with Crippen molar-refractivity contribution in [3.63, 3.8) is 0 Å². The van der Waals surface area contributed by atoms with Gasteiger partial charge in [0.2, 0.25) is 0 Å². The van der Waals surface area contributed by atoms with Crippen LogP contribution in [0.5, 0.6) is 0 Å². The first kappa shape index (κ1) is 15.9. The van der Waals surface area contributed by atoms with Gasteiger partial charge in [-0.3, -0.25) is 0 Å². The highest BCUT2D eigenvalue weighted by Gasteiger charge is 2.18. The van der Waals surface area contributed by atoms with Crippen molar-refractivity contribution in [1.29, 1.82) is 0 Å². The summed E-state index contributed by atoms with van der Waals surface area (Å²) in [5, 5.41) is 3.70. The van der Waals surface area contributed by atoms with E-state index in [0.29, 0.717) is 6.04 Å². The molecule has 0 bridgehead atoms. The monoisotopic (exact) mass is 291 g/mol. The lowest BCUT2D eigenvalue weighted by atomic mass is 9.91. The standard InChI is InChI=1S/C18H29NS/c1-3-15-5-7-16(8-6-15)13-18(19-4-2)14-17-9-11-20-12-10-17/h5-8,17-19H,3-4,9-14H2,1-2H3. The Hall–Kier alpha value is -0.470. The third kappa shape index (κ3) is 5.14. The average Bonchev–Trinajstić information content (AvgIpc) is 2.49. The second-order valence-corrected chi connectivity index (χ2v) is 7.14. The van der Waals surface area contributed by atoms with Crippen LogP contribution in [0.3, 0.4) is 0 Å². The van der Waals surface area contributed by atoms with Gasteiger partial charge in [0.1, 0.15) is 0 Å². The maximum absolute atomic E-state index is 3.70. The minimum absolute atomic E-state index is 0.653. The van der Waals surface area contributed by atoms with Crippen molar-refractivity contribution in [2.75, 3.05) is 18.1 Å². The average molecular weight is 292 g/mol. The lowest BCUT2D eigenvalue weighted by molar-refractivity contribution is 0.366. The topological polar surface area (TPSA) is 12.0 Å². The van der Waals surface area contributed by atoms with Crippen LogP contribution in [-0.2, 0) is 12.8 Å². The first-order valence-corrected chi connectivity index (χ1v) is 9.36. The zero-order valence-electron chi connectivity index (χ0n) is 13.0. The van der Waals surface area contributed by atoms with Gasteiger partial charge in [0.15, 0.2) is 0 Å². The number of aryl methyl sites for hydroxylation is 1. The molecule has 1 N–H and O–H groups in total. The highest BCUT2D eigenvalue weighted by Crippen LogP contribution is 2.27. The van der Waals surface area contributed by atoms with E-state index >= 15 is 0 Å². The Morgan fingerprint density at radius 3 is 2.35 bits per heavy atom. The van der Waals surface area contributed by atoms with Crippen LogP contribution in [-0.4, -0.2) is 24.1 Å². The van der Waals surface area contributed by atoms with E-state index in [1.807, 2.05) is 0 Å². The fraction of sp³-hybridized carbons (Fsp3) is 0.667. The predicted octanol–water partition coefficient (Wildman–Crippen LogP) is 4.30. The summed E-state index contributed by atoms with van der Waals surface area (Å²) in [6.45, 7) is 5.53. The molecule has 1 nitrogen and oxygen atoms in total. The second-order valence-electron chi connectivity index (χ2n) is 5.92. The summed E-state index contributed by atoms with van der Waals surface area (Å²) < 4.78 is 0. The fourth-order valence-electron chi connectivity index (χ4n) is 3.11. The minimum Gasteiger partial charge on any atom is -0.314 e. The molecule has 1 aliphatic heterocycles. The van der Waals surface area contributed by atoms with Crippen molar-refractivity contribution in [1.82, 2.24) is 5.32 Å². The van der Waals surface area contributed by atoms with Gasteiger partial charge in [-0.05, 0) is 67.2 Å². The molecule has 2 heteroatoms. The molecule has 112 valence electrons. The molecule has 0 spiro atoms. The Morgan fingerprint density at radius 2 is 1.75 bits per heavy atom. The number of nitrogens with one attached hydrogen (secondary N) is 1. The van der Waals surface area contributed by atoms with Gasteiger partial charge < -0.3 is 5.32 Å². The number of hydrogen-bond acceptors (Lipinski definition) is 2. The summed E-state index contributed by atoms with van der Waals surface area (Å²) in [6.07, 6.45) is 6.50. The van der Waals surface area contributed by atoms with Gasteiger partial charge in [-0.1, -0.05) is 38.1 Å². The molecule has 1 fully saturated rings. The van der Waals surface area contributed by atoms with E-state index in [-0.39, 0.29) is 0 Å². The molecule has 1 aromatic rings. The number of benzene rings is 1. The molecule has 1 aromatic carbocycles. The molecule has 20 heavy (non-hydrogen) atoms. The molecule has 0 amide bonds. The molecule has 2 rings (SSSR count). The lowest BCUT2D eigenvalue weighted by Crippen LogP contribution is -2.33. The number of thioether (sulfide) groups is 1. The molecule has 0 aliphatic carbocycles. The molecule has 1 atom stereocenters. The third-order valence-corrected chi connectivity index (χ3v) is 5.41. The number of likely N-dealkylation sites (N-methyl/N-ethyl adjacent to an activating group) is 1. The van der Waals surface area contributed by atoms with E-state index < -0.39 is 0 Å². The van der Waals surface area contributed by atoms with Crippen LogP contribution in [0.1, 0.15) is 44.2 Å². The lowest BCUT2D eigenvalue weighted by Gasteiger charge is -2.27. The molecular formula is C18H29NS. The van der Waals surface area contributed by atoms with Crippen molar-refractivity contribution < 1.29 is 0 Å². The first-order valence-electron chi connectivity index (χ1n) is 8.20. The third-order valence-electron chi connectivity index (χ3n) is 4.36. The van der Waals surface area contributed by atoms with Gasteiger partial charge in [-0.15, -0.1) is 0 Å². The van der Waals surface area contributed by atoms with Gasteiger partial charge >= 0.3 is 0 Å². The van der Waals surface area contributed by atoms with Gasteiger partial charge in [0, 0.05) is 6.04 Å². The van der Waals surface area contributed by atoms with Crippen LogP contribution in [0.2, 0.25) is 0 Å². The van der Waals surface area contributed by atoms with Crippen LogP contribution < -0.4 is 5.32 Å². The summed E-state index contributed by atoms with van der Waals surface area (Å²) in [5.74, 6) is 3.68. The molecule has 1 aliphatic rings. The smallest absolute Gasteiger partial charge is 0.0110 e. The van der Waals surface area contributed by atoms with Gasteiger partial charge in [-0.2, -0.15) is 11.8 Å². The quantitative estimate of drug-likeness (QED) is 0.803. The highest BCUT2D eigenvalue weighted by atomic mass is 32.2. The summed E-state index contributed by atoms with van der Waals surface area (Å²) in [5.41, 5.74) is 2.93. The Balaban J connectivity index is 1.89. The Bertz CT molecular complexity index is 368. The van der Waals surface area contributed by atoms with Crippen molar-refractivity contribution in [2.24, 2.45) is 5.92 Å². The first-order chi connectivity index (χ1) is 9.81. The van der Waals surface area contributed by atoms with E-state index in [4.69, 9.17) is 0 Å². The molecule has 1 heterocycles. The minimum atomic E-state index is 0.653. The summed E-state index contributed by atoms with van der Waals surface area (Å²) in [7, 11) is 0. The molecule has 0 saturated carbocycles. The predicted molar refractivity (Wildman–Crippen MR) is 91.7 cm³/mol. The second kappa shape index (κ2) is 8.74. The summed E-state index contributed by atoms with van der Waals surface area (Å²) >= 11 is 2.13. The van der Waals surface area contributed by atoms with E-state index in [1.165, 1.54) is 48.3 Å². The molecule has 0 radical (unpaired) electrons. The van der Waals surface area contributed by atoms with Crippen LogP contribution in [0, 0.1) is 5.92 Å². The molecule has 1 saturated heterocycles. The van der Waals surface area contributed by atoms with Gasteiger partial charge in [0.25, 0.3) is 0 Å². The van der Waals surface area contributed by atoms with E-state index in [2.05, 4.69) is 55.2 Å². The number of rotatable bonds is 7. The highest BCUT2D eigenvalue weighted by molar-refractivity contribution is 7.99. The van der Waals surface area contributed by atoms with E-state index in [1.54, 1.807) is 0 Å². The maximum atomic E-state index is 3.70. The van der Waals surface area contributed by atoms with Crippen molar-refractivity contribution >= 4 is 11.8 Å². The maximum Gasteiger partial charge on any atom is 0.0110 e. The Kier molecular flexibility index (Phi) is 6.95. The Labute approximate surface area is 128 Å². The van der Waals surface area contributed by atoms with E-state index in [9.17, 15) is 0 Å². The summed E-state index contributed by atoms with van der Waals surface area (Å²) in [6, 6.07) is 9.87. The Morgan fingerprint density at radius 1 is 1.10 bits per heavy atom. The van der Waals surface area contributed by atoms with Crippen LogP contribution in [0.25, 0.3) is 0 Å². The fourth-order valence-corrected chi connectivity index (χ4v) is 4.31. The number of hydrogen-bond donors (Lipinski definition) is 1. The summed E-state index contributed by atoms with van der Waals surface area (Å²) in [4.78, 5) is 0. The SMILES string of the molecule is CCNC(Cc1ccc(CC)cc1)CC1CCSCC1. The van der Waals surface area contributed by atoms with Crippen molar-refractivity contribution in [2.45, 2.75) is 52.0 Å².